The molecule has 2 N–H and O–H groups in total. The van der Waals surface area contributed by atoms with Crippen molar-refractivity contribution >= 4 is 0 Å². The minimum atomic E-state index is 0.657. The van der Waals surface area contributed by atoms with Gasteiger partial charge >= 0.3 is 0 Å². The van der Waals surface area contributed by atoms with Crippen molar-refractivity contribution in [1.82, 2.24) is 10.6 Å². The molecule has 0 radical (unpaired) electrons. The number of hydrogen-bond acceptors (Lipinski definition) is 3. The number of nitrogens with one attached hydrogen (secondary N) is 2. The van der Waals surface area contributed by atoms with Crippen molar-refractivity contribution in [2.24, 2.45) is 0 Å². The lowest BCUT2D eigenvalue weighted by Gasteiger charge is -2.13. The summed E-state index contributed by atoms with van der Waals surface area (Å²) in [7, 11) is 1.76. The van der Waals surface area contributed by atoms with Crippen LogP contribution in [0, 0.1) is 0 Å². The maximum absolute atomic E-state index is 5.02. The maximum Gasteiger partial charge on any atom is 0.0477 e. The van der Waals surface area contributed by atoms with Gasteiger partial charge in [0, 0.05) is 32.8 Å². The predicted octanol–water partition coefficient (Wildman–Crippen LogP) is -0.0256. The van der Waals surface area contributed by atoms with Gasteiger partial charge in [0.1, 0.15) is 0 Å². The van der Waals surface area contributed by atoms with Crippen LogP contribution in [0.25, 0.3) is 0 Å². The fourth-order valence-corrected chi connectivity index (χ4v) is 1.37. The van der Waals surface area contributed by atoms with Crippen LogP contribution in [-0.4, -0.2) is 39.4 Å². The first-order valence-electron chi connectivity index (χ1n) is 4.36. The first-order chi connectivity index (χ1) is 5.43. The SMILES string of the molecule is COCCC1CCNCCN1. The second-order valence-electron chi connectivity index (χ2n) is 2.97. The molecule has 1 unspecified atom stereocenters. The highest BCUT2D eigenvalue weighted by Crippen LogP contribution is 1.98. The smallest absolute Gasteiger partial charge is 0.0477 e. The van der Waals surface area contributed by atoms with Crippen LogP contribution in [0.3, 0.4) is 0 Å². The van der Waals surface area contributed by atoms with E-state index < -0.39 is 0 Å². The van der Waals surface area contributed by atoms with Crippen LogP contribution in [0.15, 0.2) is 0 Å². The Kier molecular flexibility index (Phi) is 4.50. The molecular weight excluding hydrogens is 140 g/mol. The molecule has 1 saturated heterocycles. The summed E-state index contributed by atoms with van der Waals surface area (Å²) in [6.45, 7) is 4.21. The highest BCUT2D eigenvalue weighted by Gasteiger charge is 2.09. The molecule has 1 rings (SSSR count). The molecule has 0 saturated carbocycles. The molecule has 11 heavy (non-hydrogen) atoms. The lowest BCUT2D eigenvalue weighted by Crippen LogP contribution is -2.30. The Labute approximate surface area is 68.5 Å². The Morgan fingerprint density at radius 2 is 2.27 bits per heavy atom. The topological polar surface area (TPSA) is 33.3 Å². The Morgan fingerprint density at radius 3 is 3.09 bits per heavy atom. The molecule has 1 heterocycles. The molecule has 3 nitrogen and oxygen atoms in total. The van der Waals surface area contributed by atoms with E-state index >= 15 is 0 Å². The highest BCUT2D eigenvalue weighted by molar-refractivity contribution is 4.72. The lowest BCUT2D eigenvalue weighted by atomic mass is 10.1. The van der Waals surface area contributed by atoms with E-state index in [2.05, 4.69) is 10.6 Å². The second kappa shape index (κ2) is 5.52. The Balaban J connectivity index is 2.09. The first-order valence-corrected chi connectivity index (χ1v) is 4.36. The molecule has 0 aromatic heterocycles. The maximum atomic E-state index is 5.02. The summed E-state index contributed by atoms with van der Waals surface area (Å²) >= 11 is 0. The largest absolute Gasteiger partial charge is 0.385 e. The van der Waals surface area contributed by atoms with Gasteiger partial charge in [-0.3, -0.25) is 0 Å². The molecule has 0 aromatic rings. The molecule has 1 aliphatic heterocycles. The van der Waals surface area contributed by atoms with Gasteiger partial charge in [-0.25, -0.2) is 0 Å². The van der Waals surface area contributed by atoms with Crippen LogP contribution in [-0.2, 0) is 4.74 Å². The Hall–Kier alpha value is -0.120. The van der Waals surface area contributed by atoms with E-state index in [1.54, 1.807) is 7.11 Å². The molecule has 1 aliphatic rings. The summed E-state index contributed by atoms with van der Waals surface area (Å²) in [5.74, 6) is 0. The van der Waals surface area contributed by atoms with Crippen molar-refractivity contribution in [1.29, 1.82) is 0 Å². The van der Waals surface area contributed by atoms with E-state index in [0.717, 1.165) is 32.7 Å². The van der Waals surface area contributed by atoms with Crippen LogP contribution in [0.1, 0.15) is 12.8 Å². The van der Waals surface area contributed by atoms with Gasteiger partial charge < -0.3 is 15.4 Å². The van der Waals surface area contributed by atoms with E-state index in [9.17, 15) is 0 Å². The second-order valence-corrected chi connectivity index (χ2v) is 2.97. The average Bonchev–Trinajstić information content (AvgIpc) is 2.28. The third-order valence-corrected chi connectivity index (χ3v) is 2.07. The van der Waals surface area contributed by atoms with Gasteiger partial charge in [0.15, 0.2) is 0 Å². The zero-order chi connectivity index (χ0) is 7.94. The van der Waals surface area contributed by atoms with Crippen molar-refractivity contribution in [3.63, 3.8) is 0 Å². The predicted molar refractivity (Wildman–Crippen MR) is 45.8 cm³/mol. The molecular formula is C8H18N2O. The van der Waals surface area contributed by atoms with E-state index in [4.69, 9.17) is 4.74 Å². The fourth-order valence-electron chi connectivity index (χ4n) is 1.37. The Morgan fingerprint density at radius 1 is 1.36 bits per heavy atom. The minimum absolute atomic E-state index is 0.657. The van der Waals surface area contributed by atoms with Crippen molar-refractivity contribution in [2.45, 2.75) is 18.9 Å². The molecule has 1 fully saturated rings. The van der Waals surface area contributed by atoms with Gasteiger partial charge in [0.2, 0.25) is 0 Å². The molecule has 0 aliphatic carbocycles. The quantitative estimate of drug-likeness (QED) is 0.605. The van der Waals surface area contributed by atoms with Gasteiger partial charge in [-0.1, -0.05) is 0 Å². The van der Waals surface area contributed by atoms with E-state index in [0.29, 0.717) is 6.04 Å². The third-order valence-electron chi connectivity index (χ3n) is 2.07. The average molecular weight is 158 g/mol. The van der Waals surface area contributed by atoms with Crippen LogP contribution in [0.2, 0.25) is 0 Å². The molecule has 3 heteroatoms. The standard InChI is InChI=1S/C8H18N2O/c1-11-7-3-8-2-4-9-5-6-10-8/h8-10H,2-7H2,1H3. The molecule has 0 amide bonds. The van der Waals surface area contributed by atoms with Gasteiger partial charge in [-0.05, 0) is 19.4 Å². The summed E-state index contributed by atoms with van der Waals surface area (Å²) in [4.78, 5) is 0. The van der Waals surface area contributed by atoms with Crippen LogP contribution >= 0.6 is 0 Å². The van der Waals surface area contributed by atoms with Gasteiger partial charge in [-0.2, -0.15) is 0 Å². The molecule has 1 atom stereocenters. The highest BCUT2D eigenvalue weighted by atomic mass is 16.5. The van der Waals surface area contributed by atoms with Crippen LogP contribution in [0.5, 0.6) is 0 Å². The van der Waals surface area contributed by atoms with Gasteiger partial charge in [-0.15, -0.1) is 0 Å². The monoisotopic (exact) mass is 158 g/mol. The van der Waals surface area contributed by atoms with Crippen molar-refractivity contribution in [3.05, 3.63) is 0 Å². The number of ether oxygens (including phenoxy) is 1. The van der Waals surface area contributed by atoms with Gasteiger partial charge in [0.05, 0.1) is 0 Å². The first kappa shape index (κ1) is 8.97. The molecule has 0 spiro atoms. The summed E-state index contributed by atoms with van der Waals surface area (Å²) in [6.07, 6.45) is 2.36. The van der Waals surface area contributed by atoms with Crippen molar-refractivity contribution < 1.29 is 4.74 Å². The Bertz CT molecular complexity index is 90.1. The summed E-state index contributed by atoms with van der Waals surface area (Å²) < 4.78 is 5.02. The lowest BCUT2D eigenvalue weighted by molar-refractivity contribution is 0.182. The zero-order valence-electron chi connectivity index (χ0n) is 7.23. The van der Waals surface area contributed by atoms with E-state index in [1.165, 1.54) is 6.42 Å². The van der Waals surface area contributed by atoms with Crippen LogP contribution < -0.4 is 10.6 Å². The van der Waals surface area contributed by atoms with E-state index in [1.807, 2.05) is 0 Å². The van der Waals surface area contributed by atoms with Crippen molar-refractivity contribution in [2.75, 3.05) is 33.4 Å². The zero-order valence-corrected chi connectivity index (χ0v) is 7.23. The summed E-state index contributed by atoms with van der Waals surface area (Å²) in [6, 6.07) is 0.657. The third kappa shape index (κ3) is 3.70. The number of methoxy groups -OCH3 is 1. The minimum Gasteiger partial charge on any atom is -0.385 e. The molecule has 0 bridgehead atoms. The normalized spacial score (nSPS) is 26.5. The van der Waals surface area contributed by atoms with Crippen LogP contribution in [0.4, 0.5) is 0 Å². The number of rotatable bonds is 3. The van der Waals surface area contributed by atoms with E-state index in [-0.39, 0.29) is 0 Å². The van der Waals surface area contributed by atoms with Gasteiger partial charge in [0.25, 0.3) is 0 Å². The fraction of sp³-hybridized carbons (Fsp3) is 1.00. The number of hydrogen-bond donors (Lipinski definition) is 2. The molecule has 0 aromatic carbocycles. The van der Waals surface area contributed by atoms with Crippen molar-refractivity contribution in [3.8, 4) is 0 Å². The summed E-state index contributed by atoms with van der Waals surface area (Å²) in [5, 5.41) is 6.82. The summed E-state index contributed by atoms with van der Waals surface area (Å²) in [5.41, 5.74) is 0. The molecule has 66 valence electrons.